The predicted octanol–water partition coefficient (Wildman–Crippen LogP) is 4.96. The van der Waals surface area contributed by atoms with Crippen molar-refractivity contribution >= 4 is 40.7 Å². The second kappa shape index (κ2) is 9.45. The van der Waals surface area contributed by atoms with Crippen LogP contribution in [0.4, 0.5) is 5.82 Å². The Morgan fingerprint density at radius 1 is 1.04 bits per heavy atom. The minimum atomic E-state index is 0. The summed E-state index contributed by atoms with van der Waals surface area (Å²) in [7, 11) is 0. The summed E-state index contributed by atoms with van der Waals surface area (Å²) in [5.74, 6) is 1.01. The van der Waals surface area contributed by atoms with Crippen LogP contribution in [0.15, 0.2) is 42.6 Å². The van der Waals surface area contributed by atoms with Crippen molar-refractivity contribution < 1.29 is 0 Å². The zero-order valence-corrected chi connectivity index (χ0v) is 17.0. The number of hydrogen-bond acceptors (Lipinski definition) is 3. The van der Waals surface area contributed by atoms with Gasteiger partial charge < -0.3 is 15.2 Å². The first kappa shape index (κ1) is 20.0. The lowest BCUT2D eigenvalue weighted by Gasteiger charge is -2.28. The molecule has 144 valence electrons. The van der Waals surface area contributed by atoms with Gasteiger partial charge in [-0.05, 0) is 49.9 Å². The van der Waals surface area contributed by atoms with Crippen LogP contribution < -0.4 is 10.2 Å². The van der Waals surface area contributed by atoms with Crippen LogP contribution in [0.2, 0.25) is 5.15 Å². The van der Waals surface area contributed by atoms with Gasteiger partial charge >= 0.3 is 0 Å². The number of rotatable bonds is 6. The number of nitrogens with zero attached hydrogens (tertiary/aromatic N) is 2. The van der Waals surface area contributed by atoms with E-state index in [-0.39, 0.29) is 12.4 Å². The van der Waals surface area contributed by atoms with Crippen molar-refractivity contribution in [3.05, 3.63) is 58.9 Å². The van der Waals surface area contributed by atoms with Crippen LogP contribution >= 0.6 is 24.0 Å². The normalized spacial score (nSPS) is 14.3. The molecule has 3 heterocycles. The number of nitrogens with one attached hydrogen (secondary N) is 2. The van der Waals surface area contributed by atoms with Gasteiger partial charge in [-0.3, -0.25) is 0 Å². The molecule has 1 aromatic carbocycles. The van der Waals surface area contributed by atoms with E-state index < -0.39 is 0 Å². The molecule has 0 radical (unpaired) electrons. The molecule has 1 aliphatic rings. The summed E-state index contributed by atoms with van der Waals surface area (Å²) in [5.41, 5.74) is 3.60. The van der Waals surface area contributed by atoms with Gasteiger partial charge in [0.2, 0.25) is 0 Å². The topological polar surface area (TPSA) is 44.0 Å². The summed E-state index contributed by atoms with van der Waals surface area (Å²) in [6.07, 6.45) is 6.91. The van der Waals surface area contributed by atoms with E-state index in [1.165, 1.54) is 35.7 Å². The Balaban J connectivity index is 0.00000210. The lowest BCUT2D eigenvalue weighted by Crippen LogP contribution is -2.30. The number of pyridine rings is 1. The summed E-state index contributed by atoms with van der Waals surface area (Å²) in [5, 5.41) is 5.42. The number of aromatic nitrogens is 2. The SMILES string of the molecule is Cl.Clc1nc(N2CCCCC2)ccc1CNCCc1c[nH]c2ccccc12. The van der Waals surface area contributed by atoms with E-state index in [1.54, 1.807) is 0 Å². The Labute approximate surface area is 171 Å². The Kier molecular flexibility index (Phi) is 7.00. The average molecular weight is 405 g/mol. The van der Waals surface area contributed by atoms with Crippen molar-refractivity contribution in [1.82, 2.24) is 15.3 Å². The molecule has 3 aromatic rings. The molecule has 0 unspecified atom stereocenters. The first-order valence-electron chi connectivity index (χ1n) is 9.47. The second-order valence-electron chi connectivity index (χ2n) is 6.95. The second-order valence-corrected chi connectivity index (χ2v) is 7.31. The van der Waals surface area contributed by atoms with Gasteiger partial charge in [-0.15, -0.1) is 12.4 Å². The van der Waals surface area contributed by atoms with Crippen molar-refractivity contribution in [3.8, 4) is 0 Å². The van der Waals surface area contributed by atoms with E-state index in [0.29, 0.717) is 5.15 Å². The van der Waals surface area contributed by atoms with Crippen LogP contribution in [-0.4, -0.2) is 29.6 Å². The first-order valence-corrected chi connectivity index (χ1v) is 9.85. The fraction of sp³-hybridized carbons (Fsp3) is 0.381. The van der Waals surface area contributed by atoms with Crippen LogP contribution in [0, 0.1) is 0 Å². The monoisotopic (exact) mass is 404 g/mol. The number of anilines is 1. The number of H-pyrrole nitrogens is 1. The maximum Gasteiger partial charge on any atom is 0.135 e. The molecule has 0 saturated carbocycles. The third kappa shape index (κ3) is 4.75. The average Bonchev–Trinajstić information content (AvgIpc) is 3.10. The highest BCUT2D eigenvalue weighted by Crippen LogP contribution is 2.22. The van der Waals surface area contributed by atoms with Gasteiger partial charge in [-0.25, -0.2) is 4.98 Å². The fourth-order valence-electron chi connectivity index (χ4n) is 3.67. The minimum absolute atomic E-state index is 0. The van der Waals surface area contributed by atoms with E-state index in [1.807, 2.05) is 0 Å². The van der Waals surface area contributed by atoms with Gasteiger partial charge in [-0.1, -0.05) is 35.9 Å². The lowest BCUT2D eigenvalue weighted by atomic mass is 10.1. The summed E-state index contributed by atoms with van der Waals surface area (Å²) < 4.78 is 0. The Morgan fingerprint density at radius 3 is 2.67 bits per heavy atom. The number of benzene rings is 1. The van der Waals surface area contributed by atoms with E-state index >= 15 is 0 Å². The standard InChI is InChI=1S/C21H25ClN4.ClH/c22-21-17(8-9-20(25-21)26-12-4-1-5-13-26)14-23-11-10-16-15-24-19-7-3-2-6-18(16)19;/h2-3,6-9,15,23-24H,1,4-5,10-14H2;1H. The zero-order chi connectivity index (χ0) is 17.8. The van der Waals surface area contributed by atoms with Crippen LogP contribution in [0.25, 0.3) is 10.9 Å². The zero-order valence-electron chi connectivity index (χ0n) is 15.4. The third-order valence-electron chi connectivity index (χ3n) is 5.15. The number of piperidine rings is 1. The molecule has 0 amide bonds. The maximum absolute atomic E-state index is 6.42. The smallest absolute Gasteiger partial charge is 0.135 e. The molecule has 1 saturated heterocycles. The molecule has 1 fully saturated rings. The number of halogens is 2. The van der Waals surface area contributed by atoms with Crippen molar-refractivity contribution in [1.29, 1.82) is 0 Å². The summed E-state index contributed by atoms with van der Waals surface area (Å²) >= 11 is 6.42. The van der Waals surface area contributed by atoms with E-state index in [4.69, 9.17) is 11.6 Å². The van der Waals surface area contributed by atoms with Gasteiger partial charge in [0, 0.05) is 42.3 Å². The first-order chi connectivity index (χ1) is 12.8. The molecule has 0 atom stereocenters. The molecule has 0 spiro atoms. The van der Waals surface area contributed by atoms with Crippen LogP contribution in [0.3, 0.4) is 0 Å². The highest BCUT2D eigenvalue weighted by Gasteiger charge is 2.13. The van der Waals surface area contributed by atoms with Gasteiger partial charge in [0.1, 0.15) is 11.0 Å². The van der Waals surface area contributed by atoms with Crippen LogP contribution in [0.1, 0.15) is 30.4 Å². The third-order valence-corrected chi connectivity index (χ3v) is 5.48. The van der Waals surface area contributed by atoms with Gasteiger partial charge in [0.05, 0.1) is 0 Å². The molecule has 0 bridgehead atoms. The molecule has 0 aliphatic carbocycles. The molecule has 27 heavy (non-hydrogen) atoms. The van der Waals surface area contributed by atoms with Crippen molar-refractivity contribution in [2.75, 3.05) is 24.5 Å². The molecular formula is C21H26Cl2N4. The molecule has 6 heteroatoms. The number of fused-ring (bicyclic) bond motifs is 1. The van der Waals surface area contributed by atoms with E-state index in [9.17, 15) is 0 Å². The van der Waals surface area contributed by atoms with E-state index in [2.05, 4.69) is 62.8 Å². The summed E-state index contributed by atoms with van der Waals surface area (Å²) in [6, 6.07) is 12.6. The molecule has 2 aromatic heterocycles. The minimum Gasteiger partial charge on any atom is -0.361 e. The van der Waals surface area contributed by atoms with Crippen LogP contribution in [-0.2, 0) is 13.0 Å². The van der Waals surface area contributed by atoms with Crippen LogP contribution in [0.5, 0.6) is 0 Å². The molecule has 4 nitrogen and oxygen atoms in total. The van der Waals surface area contributed by atoms with Crippen molar-refractivity contribution in [2.45, 2.75) is 32.2 Å². The van der Waals surface area contributed by atoms with Gasteiger partial charge in [0.25, 0.3) is 0 Å². The fourth-order valence-corrected chi connectivity index (χ4v) is 3.89. The quantitative estimate of drug-likeness (QED) is 0.450. The highest BCUT2D eigenvalue weighted by atomic mass is 35.5. The Bertz CT molecular complexity index is 871. The number of para-hydroxylation sites is 1. The predicted molar refractivity (Wildman–Crippen MR) is 116 cm³/mol. The Morgan fingerprint density at radius 2 is 1.85 bits per heavy atom. The largest absolute Gasteiger partial charge is 0.361 e. The molecule has 4 rings (SSSR count). The highest BCUT2D eigenvalue weighted by molar-refractivity contribution is 6.30. The van der Waals surface area contributed by atoms with E-state index in [0.717, 1.165) is 44.0 Å². The molecule has 1 aliphatic heterocycles. The number of hydrogen-bond donors (Lipinski definition) is 2. The van der Waals surface area contributed by atoms with Gasteiger partial charge in [-0.2, -0.15) is 0 Å². The maximum atomic E-state index is 6.42. The Hall–Kier alpha value is -1.75. The lowest BCUT2D eigenvalue weighted by molar-refractivity contribution is 0.573. The molecular weight excluding hydrogens is 379 g/mol. The van der Waals surface area contributed by atoms with Crippen molar-refractivity contribution in [2.24, 2.45) is 0 Å². The summed E-state index contributed by atoms with van der Waals surface area (Å²) in [6.45, 7) is 3.83. The summed E-state index contributed by atoms with van der Waals surface area (Å²) in [4.78, 5) is 10.3. The molecule has 2 N–H and O–H groups in total. The van der Waals surface area contributed by atoms with Gasteiger partial charge in [0.15, 0.2) is 0 Å². The van der Waals surface area contributed by atoms with Crippen molar-refractivity contribution in [3.63, 3.8) is 0 Å². The number of aromatic amines is 1.